The fourth-order valence-electron chi connectivity index (χ4n) is 3.52. The highest BCUT2D eigenvalue weighted by Crippen LogP contribution is 2.47. The van der Waals surface area contributed by atoms with Crippen molar-refractivity contribution in [1.29, 1.82) is 0 Å². The normalized spacial score (nSPS) is 30.1. The maximum Gasteiger partial charge on any atom is 0.223 e. The Labute approximate surface area is 137 Å². The van der Waals surface area contributed by atoms with Crippen LogP contribution in [0.3, 0.4) is 0 Å². The molecule has 0 bridgehead atoms. The number of aromatic nitrogens is 1. The minimum absolute atomic E-state index is 0.0296. The molecule has 1 amide bonds. The van der Waals surface area contributed by atoms with Gasteiger partial charge in [0.25, 0.3) is 0 Å². The zero-order chi connectivity index (χ0) is 16.4. The van der Waals surface area contributed by atoms with Gasteiger partial charge in [-0.2, -0.15) is 0 Å². The Kier molecular flexibility index (Phi) is 4.68. The van der Waals surface area contributed by atoms with Gasteiger partial charge < -0.3 is 5.32 Å². The standard InChI is InChI=1S/C16H23N3O3S/c1-23(21,22)19-15-6-2-4-12(15)10-18-16(20)14-8-13(14)11-5-3-7-17-9-11/h3,5,7,9,12-15,19H,2,4,6,8,10H2,1H3,(H,18,20)/t12-,13+,14-,15-/m1/s1. The Hall–Kier alpha value is -1.47. The van der Waals surface area contributed by atoms with E-state index in [-0.39, 0.29) is 29.7 Å². The molecule has 0 spiro atoms. The molecule has 7 heteroatoms. The number of nitrogens with zero attached hydrogens (tertiary/aromatic N) is 1. The van der Waals surface area contributed by atoms with E-state index in [9.17, 15) is 13.2 Å². The van der Waals surface area contributed by atoms with Crippen molar-refractivity contribution >= 4 is 15.9 Å². The molecule has 0 aliphatic heterocycles. The average molecular weight is 337 g/mol. The quantitative estimate of drug-likeness (QED) is 0.811. The second-order valence-corrected chi connectivity index (χ2v) is 8.45. The van der Waals surface area contributed by atoms with Gasteiger partial charge in [0.1, 0.15) is 0 Å². The Bertz CT molecular complexity index is 662. The third-order valence-corrected chi connectivity index (χ3v) is 5.53. The van der Waals surface area contributed by atoms with Crippen molar-refractivity contribution in [3.8, 4) is 0 Å². The van der Waals surface area contributed by atoms with Crippen molar-refractivity contribution in [1.82, 2.24) is 15.0 Å². The summed E-state index contributed by atoms with van der Waals surface area (Å²) < 4.78 is 25.5. The van der Waals surface area contributed by atoms with E-state index in [4.69, 9.17) is 0 Å². The summed E-state index contributed by atoms with van der Waals surface area (Å²) in [5.74, 6) is 0.562. The number of nitrogens with one attached hydrogen (secondary N) is 2. The molecule has 6 nitrogen and oxygen atoms in total. The molecule has 2 fully saturated rings. The number of pyridine rings is 1. The van der Waals surface area contributed by atoms with Crippen LogP contribution in [-0.4, -0.2) is 38.2 Å². The molecule has 4 atom stereocenters. The Balaban J connectivity index is 1.48. The van der Waals surface area contributed by atoms with Crippen molar-refractivity contribution in [3.63, 3.8) is 0 Å². The molecule has 0 radical (unpaired) electrons. The molecule has 1 heterocycles. The highest BCUT2D eigenvalue weighted by Gasteiger charge is 2.44. The van der Waals surface area contributed by atoms with E-state index in [0.29, 0.717) is 6.54 Å². The molecular formula is C16H23N3O3S. The monoisotopic (exact) mass is 337 g/mol. The summed E-state index contributed by atoms with van der Waals surface area (Å²) in [5, 5.41) is 3.01. The zero-order valence-electron chi connectivity index (χ0n) is 13.2. The number of carbonyl (C=O) groups excluding carboxylic acids is 1. The summed E-state index contributed by atoms with van der Waals surface area (Å²) in [7, 11) is -3.20. The third kappa shape index (κ3) is 4.29. The molecule has 23 heavy (non-hydrogen) atoms. The van der Waals surface area contributed by atoms with Crippen LogP contribution < -0.4 is 10.0 Å². The summed E-state index contributed by atoms with van der Waals surface area (Å²) in [4.78, 5) is 16.4. The molecule has 0 aromatic carbocycles. The predicted octanol–water partition coefficient (Wildman–Crippen LogP) is 1.02. The van der Waals surface area contributed by atoms with Crippen LogP contribution in [0, 0.1) is 11.8 Å². The Morgan fingerprint density at radius 1 is 1.39 bits per heavy atom. The molecule has 1 aromatic heterocycles. The summed E-state index contributed by atoms with van der Waals surface area (Å²) in [6.07, 6.45) is 8.39. The van der Waals surface area contributed by atoms with E-state index < -0.39 is 10.0 Å². The van der Waals surface area contributed by atoms with E-state index in [1.165, 1.54) is 6.26 Å². The van der Waals surface area contributed by atoms with Gasteiger partial charge >= 0.3 is 0 Å². The van der Waals surface area contributed by atoms with E-state index in [2.05, 4.69) is 15.0 Å². The Morgan fingerprint density at radius 3 is 2.91 bits per heavy atom. The number of rotatable bonds is 6. The number of carbonyl (C=O) groups is 1. The lowest BCUT2D eigenvalue weighted by molar-refractivity contribution is -0.122. The smallest absolute Gasteiger partial charge is 0.223 e. The first-order chi connectivity index (χ1) is 10.9. The molecule has 2 saturated carbocycles. The fourth-order valence-corrected chi connectivity index (χ4v) is 4.38. The molecule has 1 aromatic rings. The van der Waals surface area contributed by atoms with Gasteiger partial charge in [-0.15, -0.1) is 0 Å². The van der Waals surface area contributed by atoms with Crippen molar-refractivity contribution in [2.24, 2.45) is 11.8 Å². The predicted molar refractivity (Wildman–Crippen MR) is 87.2 cm³/mol. The molecule has 2 aliphatic carbocycles. The maximum atomic E-state index is 12.3. The van der Waals surface area contributed by atoms with E-state index >= 15 is 0 Å². The van der Waals surface area contributed by atoms with Gasteiger partial charge in [0.15, 0.2) is 0 Å². The number of sulfonamides is 1. The second-order valence-electron chi connectivity index (χ2n) is 6.67. The van der Waals surface area contributed by atoms with Crippen LogP contribution in [0.15, 0.2) is 24.5 Å². The molecule has 2 aliphatic rings. The molecule has 0 saturated heterocycles. The van der Waals surface area contributed by atoms with Gasteiger partial charge in [0.2, 0.25) is 15.9 Å². The summed E-state index contributed by atoms with van der Waals surface area (Å²) in [6.45, 7) is 0.544. The lowest BCUT2D eigenvalue weighted by atomic mass is 10.0. The topological polar surface area (TPSA) is 88.2 Å². The maximum absolute atomic E-state index is 12.3. The van der Waals surface area contributed by atoms with Gasteiger partial charge in [-0.05, 0) is 42.7 Å². The van der Waals surface area contributed by atoms with Crippen molar-refractivity contribution in [3.05, 3.63) is 30.1 Å². The van der Waals surface area contributed by atoms with Gasteiger partial charge in [-0.1, -0.05) is 12.5 Å². The van der Waals surface area contributed by atoms with Gasteiger partial charge in [-0.3, -0.25) is 9.78 Å². The van der Waals surface area contributed by atoms with E-state index in [1.807, 2.05) is 18.3 Å². The van der Waals surface area contributed by atoms with Crippen LogP contribution >= 0.6 is 0 Å². The van der Waals surface area contributed by atoms with Gasteiger partial charge in [-0.25, -0.2) is 13.1 Å². The summed E-state index contributed by atoms with van der Waals surface area (Å²) >= 11 is 0. The molecular weight excluding hydrogens is 314 g/mol. The van der Waals surface area contributed by atoms with Crippen LogP contribution in [0.4, 0.5) is 0 Å². The van der Waals surface area contributed by atoms with Crippen LogP contribution in [0.1, 0.15) is 37.2 Å². The minimum atomic E-state index is -3.20. The van der Waals surface area contributed by atoms with Crippen LogP contribution in [0.5, 0.6) is 0 Å². The van der Waals surface area contributed by atoms with E-state index in [1.54, 1.807) is 6.20 Å². The average Bonchev–Trinajstić information content (AvgIpc) is 3.20. The largest absolute Gasteiger partial charge is 0.356 e. The molecule has 3 rings (SSSR count). The second kappa shape index (κ2) is 6.57. The lowest BCUT2D eigenvalue weighted by Crippen LogP contribution is -2.41. The molecule has 0 unspecified atom stereocenters. The molecule has 126 valence electrons. The first kappa shape index (κ1) is 16.4. The van der Waals surface area contributed by atoms with Crippen LogP contribution in [0.2, 0.25) is 0 Å². The fraction of sp³-hybridized carbons (Fsp3) is 0.625. The van der Waals surface area contributed by atoms with E-state index in [0.717, 1.165) is 31.2 Å². The zero-order valence-corrected chi connectivity index (χ0v) is 14.1. The number of hydrogen-bond donors (Lipinski definition) is 2. The number of hydrogen-bond acceptors (Lipinski definition) is 4. The van der Waals surface area contributed by atoms with Crippen LogP contribution in [-0.2, 0) is 14.8 Å². The highest BCUT2D eigenvalue weighted by atomic mass is 32.2. The molecule has 2 N–H and O–H groups in total. The number of amides is 1. The minimum Gasteiger partial charge on any atom is -0.356 e. The van der Waals surface area contributed by atoms with Crippen molar-refractivity contribution in [2.75, 3.05) is 12.8 Å². The lowest BCUT2D eigenvalue weighted by Gasteiger charge is -2.20. The van der Waals surface area contributed by atoms with Crippen molar-refractivity contribution in [2.45, 2.75) is 37.6 Å². The van der Waals surface area contributed by atoms with Crippen molar-refractivity contribution < 1.29 is 13.2 Å². The highest BCUT2D eigenvalue weighted by molar-refractivity contribution is 7.88. The summed E-state index contributed by atoms with van der Waals surface area (Å²) in [5.41, 5.74) is 1.12. The van der Waals surface area contributed by atoms with Gasteiger partial charge in [0.05, 0.1) is 6.26 Å². The Morgan fingerprint density at radius 2 is 2.22 bits per heavy atom. The summed E-state index contributed by atoms with van der Waals surface area (Å²) in [6, 6.07) is 3.84. The third-order valence-electron chi connectivity index (χ3n) is 4.80. The van der Waals surface area contributed by atoms with Gasteiger partial charge in [0, 0.05) is 30.9 Å². The first-order valence-electron chi connectivity index (χ1n) is 8.09. The van der Waals surface area contributed by atoms with Crippen LogP contribution in [0.25, 0.3) is 0 Å². The first-order valence-corrected chi connectivity index (χ1v) is 9.98. The SMILES string of the molecule is CS(=O)(=O)N[C@@H]1CCC[C@@H]1CNC(=O)[C@@H]1C[C@H]1c1cccnc1.